The highest BCUT2D eigenvalue weighted by molar-refractivity contribution is 5.75. The minimum atomic E-state index is 0.595. The van der Waals surface area contributed by atoms with Gasteiger partial charge in [-0.3, -0.25) is 4.68 Å². The number of aryl methyl sites for hydroxylation is 2. The van der Waals surface area contributed by atoms with Crippen LogP contribution in [0.4, 0.5) is 0 Å². The second kappa shape index (κ2) is 4.96. The fraction of sp³-hybridized carbons (Fsp3) is 0.357. The summed E-state index contributed by atoms with van der Waals surface area (Å²) in [7, 11) is 1.92. The molecule has 1 N–H and O–H groups in total. The maximum atomic E-state index is 5.39. The third kappa shape index (κ3) is 2.13. The summed E-state index contributed by atoms with van der Waals surface area (Å²) in [6.07, 6.45) is 0.904. The Kier molecular flexibility index (Phi) is 3.14. The normalized spacial score (nSPS) is 11.2. The molecule has 0 aliphatic heterocycles. The van der Waals surface area contributed by atoms with Crippen molar-refractivity contribution in [2.24, 2.45) is 7.05 Å². The first-order valence-corrected chi connectivity index (χ1v) is 6.74. The number of hydrogen-bond donors (Lipinski definition) is 1. The Balaban J connectivity index is 2.05. The van der Waals surface area contributed by atoms with E-state index in [4.69, 9.17) is 4.74 Å². The van der Waals surface area contributed by atoms with E-state index in [0.29, 0.717) is 18.1 Å². The van der Waals surface area contributed by atoms with Gasteiger partial charge in [0.25, 0.3) is 0 Å². The second-order valence-electron chi connectivity index (χ2n) is 4.54. The molecule has 0 spiro atoms. The maximum absolute atomic E-state index is 5.39. The number of aromatic nitrogens is 5. The summed E-state index contributed by atoms with van der Waals surface area (Å²) in [5.41, 5.74) is 3.55. The highest BCUT2D eigenvalue weighted by atomic mass is 16.5. The Bertz CT molecular complexity index is 743. The monoisotopic (exact) mass is 271 g/mol. The Hall–Kier alpha value is -2.37. The lowest BCUT2D eigenvalue weighted by molar-refractivity contribution is 0.328. The first-order valence-electron chi connectivity index (χ1n) is 6.74. The number of H-pyrrole nitrogens is 1. The molecule has 0 unspecified atom stereocenters. The lowest BCUT2D eigenvalue weighted by Gasteiger charge is -1.99. The molecule has 0 radical (unpaired) electrons. The largest absolute Gasteiger partial charge is 0.478 e. The number of imidazole rings is 1. The van der Waals surface area contributed by atoms with Gasteiger partial charge in [-0.15, -0.1) is 0 Å². The lowest BCUT2D eigenvalue weighted by atomic mass is 10.3. The molecule has 0 saturated heterocycles. The molecule has 0 amide bonds. The van der Waals surface area contributed by atoms with E-state index >= 15 is 0 Å². The number of rotatable bonds is 4. The van der Waals surface area contributed by atoms with Gasteiger partial charge in [0.1, 0.15) is 5.69 Å². The van der Waals surface area contributed by atoms with Gasteiger partial charge in [0.05, 0.1) is 17.8 Å². The molecule has 3 rings (SSSR count). The van der Waals surface area contributed by atoms with Crippen LogP contribution in [0.3, 0.4) is 0 Å². The van der Waals surface area contributed by atoms with Crippen LogP contribution in [0.1, 0.15) is 19.5 Å². The molecule has 6 nitrogen and oxygen atoms in total. The molecule has 104 valence electrons. The van der Waals surface area contributed by atoms with Gasteiger partial charge in [-0.25, -0.2) is 4.98 Å². The molecular weight excluding hydrogens is 254 g/mol. The van der Waals surface area contributed by atoms with E-state index in [9.17, 15) is 0 Å². The quantitative estimate of drug-likeness (QED) is 0.790. The molecule has 0 aliphatic carbocycles. The van der Waals surface area contributed by atoms with Gasteiger partial charge in [0, 0.05) is 13.1 Å². The molecule has 20 heavy (non-hydrogen) atoms. The molecule has 0 aromatic carbocycles. The number of pyridine rings is 1. The third-order valence-corrected chi connectivity index (χ3v) is 3.15. The van der Waals surface area contributed by atoms with Crippen molar-refractivity contribution in [3.8, 4) is 17.4 Å². The summed E-state index contributed by atoms with van der Waals surface area (Å²) in [6, 6.07) is 5.82. The minimum Gasteiger partial charge on any atom is -0.478 e. The number of nitrogens with one attached hydrogen (secondary N) is 1. The summed E-state index contributed by atoms with van der Waals surface area (Å²) >= 11 is 0. The second-order valence-corrected chi connectivity index (χ2v) is 4.54. The zero-order valence-electron chi connectivity index (χ0n) is 11.8. The standard InChI is InChI=1S/C14H17N5O/c1-4-9-8-11(19(3)18-9)14-15-10-6-7-12(20-5-2)16-13(10)17-14/h6-8H,4-5H2,1-3H3,(H,15,16,17). The van der Waals surface area contributed by atoms with Gasteiger partial charge in [0.2, 0.25) is 5.88 Å². The van der Waals surface area contributed by atoms with E-state index in [1.807, 2.05) is 36.9 Å². The van der Waals surface area contributed by atoms with E-state index in [-0.39, 0.29) is 0 Å². The number of fused-ring (bicyclic) bond motifs is 1. The smallest absolute Gasteiger partial charge is 0.215 e. The Labute approximate surface area is 116 Å². The van der Waals surface area contributed by atoms with Crippen LogP contribution in [0.15, 0.2) is 18.2 Å². The van der Waals surface area contributed by atoms with Crippen LogP contribution in [0, 0.1) is 0 Å². The Morgan fingerprint density at radius 2 is 2.10 bits per heavy atom. The van der Waals surface area contributed by atoms with E-state index in [1.54, 1.807) is 0 Å². The summed E-state index contributed by atoms with van der Waals surface area (Å²) < 4.78 is 7.22. The number of ether oxygens (including phenoxy) is 1. The molecule has 0 bridgehead atoms. The zero-order chi connectivity index (χ0) is 14.1. The average Bonchev–Trinajstić information content (AvgIpc) is 3.01. The SMILES string of the molecule is CCOc1ccc2[nH]c(-c3cc(CC)nn3C)nc2n1. The predicted octanol–water partition coefficient (Wildman–Crippen LogP) is 2.32. The van der Waals surface area contributed by atoms with Crippen molar-refractivity contribution in [3.63, 3.8) is 0 Å². The summed E-state index contributed by atoms with van der Waals surface area (Å²) in [5.74, 6) is 1.37. The molecule has 6 heteroatoms. The maximum Gasteiger partial charge on any atom is 0.215 e. The van der Waals surface area contributed by atoms with Crippen molar-refractivity contribution in [2.75, 3.05) is 6.61 Å². The first-order chi connectivity index (χ1) is 9.71. The molecule has 3 heterocycles. The number of nitrogens with zero attached hydrogens (tertiary/aromatic N) is 4. The average molecular weight is 271 g/mol. The highest BCUT2D eigenvalue weighted by Gasteiger charge is 2.12. The first kappa shape index (κ1) is 12.7. The molecule has 0 fully saturated rings. The molecule has 3 aromatic heterocycles. The molecule has 0 aliphatic rings. The molecule has 0 saturated carbocycles. The molecule has 0 atom stereocenters. The van der Waals surface area contributed by atoms with Gasteiger partial charge in [0.15, 0.2) is 11.5 Å². The van der Waals surface area contributed by atoms with E-state index in [0.717, 1.165) is 29.1 Å². The predicted molar refractivity (Wildman–Crippen MR) is 76.6 cm³/mol. The van der Waals surface area contributed by atoms with Gasteiger partial charge in [-0.1, -0.05) is 6.92 Å². The summed E-state index contributed by atoms with van der Waals surface area (Å²) in [5, 5.41) is 4.43. The van der Waals surface area contributed by atoms with Crippen LogP contribution in [0.5, 0.6) is 5.88 Å². The Morgan fingerprint density at radius 1 is 1.25 bits per heavy atom. The molecular formula is C14H17N5O. The van der Waals surface area contributed by atoms with Crippen LogP contribution >= 0.6 is 0 Å². The van der Waals surface area contributed by atoms with Crippen molar-refractivity contribution >= 4 is 11.2 Å². The molecule has 3 aromatic rings. The fourth-order valence-corrected chi connectivity index (χ4v) is 2.15. The minimum absolute atomic E-state index is 0.595. The van der Waals surface area contributed by atoms with Gasteiger partial charge in [-0.05, 0) is 25.5 Å². The van der Waals surface area contributed by atoms with Gasteiger partial charge < -0.3 is 9.72 Å². The van der Waals surface area contributed by atoms with E-state index in [2.05, 4.69) is 27.0 Å². The van der Waals surface area contributed by atoms with Crippen LogP contribution in [0.25, 0.3) is 22.7 Å². The zero-order valence-corrected chi connectivity index (χ0v) is 11.8. The third-order valence-electron chi connectivity index (χ3n) is 3.15. The Morgan fingerprint density at radius 3 is 2.80 bits per heavy atom. The fourth-order valence-electron chi connectivity index (χ4n) is 2.15. The van der Waals surface area contributed by atoms with Crippen LogP contribution in [-0.4, -0.2) is 31.3 Å². The van der Waals surface area contributed by atoms with Crippen molar-refractivity contribution in [2.45, 2.75) is 20.3 Å². The van der Waals surface area contributed by atoms with Crippen molar-refractivity contribution in [3.05, 3.63) is 23.9 Å². The lowest BCUT2D eigenvalue weighted by Crippen LogP contribution is -1.95. The summed E-state index contributed by atoms with van der Waals surface area (Å²) in [4.78, 5) is 12.2. The van der Waals surface area contributed by atoms with Crippen LogP contribution < -0.4 is 4.74 Å². The van der Waals surface area contributed by atoms with Crippen LogP contribution in [0.2, 0.25) is 0 Å². The number of hydrogen-bond acceptors (Lipinski definition) is 4. The van der Waals surface area contributed by atoms with E-state index < -0.39 is 0 Å². The topological polar surface area (TPSA) is 68.6 Å². The summed E-state index contributed by atoms with van der Waals surface area (Å²) in [6.45, 7) is 4.61. The van der Waals surface area contributed by atoms with Crippen LogP contribution in [-0.2, 0) is 13.5 Å². The van der Waals surface area contributed by atoms with E-state index in [1.165, 1.54) is 0 Å². The van der Waals surface area contributed by atoms with Gasteiger partial charge in [-0.2, -0.15) is 10.1 Å². The van der Waals surface area contributed by atoms with Crippen molar-refractivity contribution < 1.29 is 4.74 Å². The van der Waals surface area contributed by atoms with Crippen molar-refractivity contribution in [1.29, 1.82) is 0 Å². The van der Waals surface area contributed by atoms with Gasteiger partial charge >= 0.3 is 0 Å². The number of aromatic amines is 1. The van der Waals surface area contributed by atoms with Crippen molar-refractivity contribution in [1.82, 2.24) is 24.7 Å². The highest BCUT2D eigenvalue weighted by Crippen LogP contribution is 2.21.